The summed E-state index contributed by atoms with van der Waals surface area (Å²) in [6.07, 6.45) is -0.958. The molecule has 0 aliphatic heterocycles. The SMILES string of the molecule is CC(O)C(C)SC(F)(F)C(=O)O. The lowest BCUT2D eigenvalue weighted by atomic mass is 10.3. The summed E-state index contributed by atoms with van der Waals surface area (Å²) in [6, 6.07) is 0. The summed E-state index contributed by atoms with van der Waals surface area (Å²) in [7, 11) is 0. The first-order valence-electron chi connectivity index (χ1n) is 3.24. The smallest absolute Gasteiger partial charge is 0.389 e. The van der Waals surface area contributed by atoms with Gasteiger partial charge in [-0.1, -0.05) is 18.7 Å². The molecule has 0 amide bonds. The Morgan fingerprint density at radius 3 is 2.17 bits per heavy atom. The van der Waals surface area contributed by atoms with Gasteiger partial charge in [-0.2, -0.15) is 8.78 Å². The van der Waals surface area contributed by atoms with Crippen LogP contribution in [0.25, 0.3) is 0 Å². The molecule has 0 fully saturated rings. The molecule has 0 saturated heterocycles. The normalized spacial score (nSPS) is 17.1. The summed E-state index contributed by atoms with van der Waals surface area (Å²) in [4.78, 5) is 9.93. The maximum Gasteiger partial charge on any atom is 0.389 e. The zero-order valence-electron chi connectivity index (χ0n) is 6.62. The Labute approximate surface area is 72.8 Å². The Morgan fingerprint density at radius 1 is 1.50 bits per heavy atom. The maximum atomic E-state index is 12.4. The number of carboxylic acids is 1. The zero-order valence-corrected chi connectivity index (χ0v) is 7.44. The first-order valence-corrected chi connectivity index (χ1v) is 4.12. The summed E-state index contributed by atoms with van der Waals surface area (Å²) in [6.45, 7) is 2.67. The molecule has 72 valence electrons. The van der Waals surface area contributed by atoms with Gasteiger partial charge in [0.05, 0.1) is 6.10 Å². The highest BCUT2D eigenvalue weighted by atomic mass is 32.2. The number of alkyl halides is 2. The van der Waals surface area contributed by atoms with Crippen LogP contribution in [-0.4, -0.2) is 32.8 Å². The topological polar surface area (TPSA) is 57.5 Å². The van der Waals surface area contributed by atoms with E-state index < -0.39 is 22.6 Å². The second-order valence-corrected chi connectivity index (χ2v) is 3.88. The van der Waals surface area contributed by atoms with Gasteiger partial charge in [-0.05, 0) is 6.92 Å². The van der Waals surface area contributed by atoms with E-state index in [-0.39, 0.29) is 11.8 Å². The number of aliphatic carboxylic acids is 1. The molecule has 0 radical (unpaired) electrons. The maximum absolute atomic E-state index is 12.4. The lowest BCUT2D eigenvalue weighted by Crippen LogP contribution is -2.29. The van der Waals surface area contributed by atoms with E-state index >= 15 is 0 Å². The second kappa shape index (κ2) is 4.04. The first kappa shape index (κ1) is 11.6. The fourth-order valence-corrected chi connectivity index (χ4v) is 1.15. The highest BCUT2D eigenvalue weighted by molar-refractivity contribution is 8.01. The van der Waals surface area contributed by atoms with Crippen LogP contribution in [0.5, 0.6) is 0 Å². The van der Waals surface area contributed by atoms with Crippen molar-refractivity contribution in [2.45, 2.75) is 30.5 Å². The highest BCUT2D eigenvalue weighted by Crippen LogP contribution is 2.33. The minimum atomic E-state index is -3.82. The van der Waals surface area contributed by atoms with E-state index in [2.05, 4.69) is 0 Å². The van der Waals surface area contributed by atoms with Crippen molar-refractivity contribution >= 4 is 17.7 Å². The Morgan fingerprint density at radius 2 is 1.92 bits per heavy atom. The van der Waals surface area contributed by atoms with E-state index in [1.54, 1.807) is 0 Å². The fraction of sp³-hybridized carbons (Fsp3) is 0.833. The van der Waals surface area contributed by atoms with Gasteiger partial charge in [-0.3, -0.25) is 0 Å². The van der Waals surface area contributed by atoms with Gasteiger partial charge in [0.2, 0.25) is 0 Å². The van der Waals surface area contributed by atoms with Crippen LogP contribution in [0.3, 0.4) is 0 Å². The third-order valence-electron chi connectivity index (χ3n) is 1.26. The largest absolute Gasteiger partial charge is 0.476 e. The van der Waals surface area contributed by atoms with E-state index in [1.807, 2.05) is 0 Å². The van der Waals surface area contributed by atoms with E-state index in [1.165, 1.54) is 13.8 Å². The molecule has 0 spiro atoms. The number of hydrogen-bond donors (Lipinski definition) is 2. The lowest BCUT2D eigenvalue weighted by Gasteiger charge is -2.18. The predicted octanol–water partition coefficient (Wildman–Crippen LogP) is 1.17. The van der Waals surface area contributed by atoms with Crippen LogP contribution < -0.4 is 0 Å². The third-order valence-corrected chi connectivity index (χ3v) is 2.50. The Bertz CT molecular complexity index is 172. The van der Waals surface area contributed by atoms with Gasteiger partial charge in [-0.15, -0.1) is 0 Å². The standard InChI is InChI=1S/C6H10F2O3S/c1-3(9)4(2)12-6(7,8)5(10)11/h3-4,9H,1-2H3,(H,10,11). The van der Waals surface area contributed by atoms with Crippen molar-refractivity contribution in [3.8, 4) is 0 Å². The van der Waals surface area contributed by atoms with Gasteiger partial charge < -0.3 is 10.2 Å². The van der Waals surface area contributed by atoms with Gasteiger partial charge in [0.15, 0.2) is 0 Å². The van der Waals surface area contributed by atoms with Gasteiger partial charge in [-0.25, -0.2) is 4.79 Å². The van der Waals surface area contributed by atoms with Gasteiger partial charge in [0, 0.05) is 5.25 Å². The molecule has 0 heterocycles. The monoisotopic (exact) mass is 200 g/mol. The molecule has 0 aliphatic rings. The molecule has 0 aromatic rings. The molecule has 3 nitrogen and oxygen atoms in total. The highest BCUT2D eigenvalue weighted by Gasteiger charge is 2.41. The van der Waals surface area contributed by atoms with E-state index in [0.717, 1.165) is 0 Å². The average Bonchev–Trinajstić information content (AvgIpc) is 1.85. The summed E-state index contributed by atoms with van der Waals surface area (Å²) in [5.41, 5.74) is 0. The van der Waals surface area contributed by atoms with Gasteiger partial charge in [0.25, 0.3) is 0 Å². The van der Waals surface area contributed by atoms with Crippen molar-refractivity contribution in [2.75, 3.05) is 0 Å². The molecular weight excluding hydrogens is 190 g/mol. The number of thioether (sulfide) groups is 1. The summed E-state index contributed by atoms with van der Waals surface area (Å²) in [5, 5.41) is 12.2. The number of halogens is 2. The van der Waals surface area contributed by atoms with Crippen LogP contribution in [-0.2, 0) is 4.79 Å². The molecule has 0 aromatic heterocycles. The van der Waals surface area contributed by atoms with E-state index in [9.17, 15) is 13.6 Å². The molecule has 0 rings (SSSR count). The minimum Gasteiger partial charge on any atom is -0.476 e. The predicted molar refractivity (Wildman–Crippen MR) is 41.3 cm³/mol. The number of aliphatic hydroxyl groups excluding tert-OH is 1. The first-order chi connectivity index (χ1) is 5.27. The second-order valence-electron chi connectivity index (χ2n) is 2.39. The van der Waals surface area contributed by atoms with Crippen molar-refractivity contribution in [3.05, 3.63) is 0 Å². The van der Waals surface area contributed by atoms with Crippen molar-refractivity contribution < 1.29 is 23.8 Å². The van der Waals surface area contributed by atoms with Gasteiger partial charge in [0.1, 0.15) is 0 Å². The quantitative estimate of drug-likeness (QED) is 0.715. The fourth-order valence-electron chi connectivity index (χ4n) is 0.382. The Balaban J connectivity index is 4.15. The van der Waals surface area contributed by atoms with Crippen LogP contribution in [0.1, 0.15) is 13.8 Å². The molecule has 0 aliphatic carbocycles. The number of rotatable bonds is 4. The van der Waals surface area contributed by atoms with Crippen molar-refractivity contribution in [3.63, 3.8) is 0 Å². The van der Waals surface area contributed by atoms with Crippen LogP contribution >= 0.6 is 11.8 Å². The number of carbonyl (C=O) groups is 1. The average molecular weight is 200 g/mol. The zero-order chi connectivity index (χ0) is 9.94. The summed E-state index contributed by atoms with van der Waals surface area (Å²) in [5.74, 6) is -2.18. The molecular formula is C6H10F2O3S. The van der Waals surface area contributed by atoms with Crippen LogP contribution in [0.4, 0.5) is 8.78 Å². The van der Waals surface area contributed by atoms with E-state index in [0.29, 0.717) is 0 Å². The third kappa shape index (κ3) is 3.36. The molecule has 0 bridgehead atoms. The molecule has 2 atom stereocenters. The Hall–Kier alpha value is -0.360. The summed E-state index contributed by atoms with van der Waals surface area (Å²) < 4.78 is 24.8. The summed E-state index contributed by atoms with van der Waals surface area (Å²) >= 11 is -0.0648. The Kier molecular flexibility index (Phi) is 3.92. The molecule has 2 unspecified atom stereocenters. The van der Waals surface area contributed by atoms with Crippen LogP contribution in [0.15, 0.2) is 0 Å². The van der Waals surface area contributed by atoms with Crippen LogP contribution in [0, 0.1) is 0 Å². The molecule has 0 saturated carbocycles. The van der Waals surface area contributed by atoms with Crippen molar-refractivity contribution in [2.24, 2.45) is 0 Å². The van der Waals surface area contributed by atoms with Crippen molar-refractivity contribution in [1.29, 1.82) is 0 Å². The molecule has 2 N–H and O–H groups in total. The van der Waals surface area contributed by atoms with Crippen LogP contribution in [0.2, 0.25) is 0 Å². The molecule has 0 aromatic carbocycles. The molecule has 6 heteroatoms. The number of hydrogen-bond acceptors (Lipinski definition) is 3. The molecule has 12 heavy (non-hydrogen) atoms. The lowest BCUT2D eigenvalue weighted by molar-refractivity contribution is -0.153. The number of aliphatic hydroxyl groups is 1. The van der Waals surface area contributed by atoms with Gasteiger partial charge >= 0.3 is 11.2 Å². The minimum absolute atomic E-state index is 0.0648. The number of carboxylic acid groups (broad SMARTS) is 1. The van der Waals surface area contributed by atoms with Crippen molar-refractivity contribution in [1.82, 2.24) is 0 Å². The van der Waals surface area contributed by atoms with E-state index in [4.69, 9.17) is 10.2 Å².